The van der Waals surface area contributed by atoms with Gasteiger partial charge < -0.3 is 18.9 Å². The van der Waals surface area contributed by atoms with Crippen molar-refractivity contribution in [3.05, 3.63) is 11.9 Å². The van der Waals surface area contributed by atoms with Gasteiger partial charge in [-0.25, -0.2) is 4.79 Å². The van der Waals surface area contributed by atoms with E-state index in [1.807, 2.05) is 37.3 Å². The van der Waals surface area contributed by atoms with Crippen molar-refractivity contribution in [3.63, 3.8) is 0 Å². The van der Waals surface area contributed by atoms with Gasteiger partial charge in [-0.05, 0) is 74.1 Å². The number of ether oxygens (including phenoxy) is 1. The molecule has 1 aromatic rings. The van der Waals surface area contributed by atoms with E-state index in [-0.39, 0.29) is 24.4 Å². The van der Waals surface area contributed by atoms with E-state index in [1.165, 1.54) is 0 Å². The van der Waals surface area contributed by atoms with Gasteiger partial charge in [0.15, 0.2) is 0 Å². The van der Waals surface area contributed by atoms with Crippen LogP contribution in [0.3, 0.4) is 0 Å². The Bertz CT molecular complexity index is 730. The van der Waals surface area contributed by atoms with Crippen molar-refractivity contribution in [2.45, 2.75) is 91.6 Å². The van der Waals surface area contributed by atoms with Crippen molar-refractivity contribution >= 4 is 18.7 Å². The van der Waals surface area contributed by atoms with E-state index < -0.39 is 5.60 Å². The number of carbonyl (C=O) groups excluding carboxylic acids is 1. The van der Waals surface area contributed by atoms with Crippen LogP contribution in [0.25, 0.3) is 0 Å². The summed E-state index contributed by atoms with van der Waals surface area (Å²) in [5, 5.41) is 4.70. The van der Waals surface area contributed by atoms with Crippen molar-refractivity contribution < 1.29 is 18.8 Å². The molecule has 0 unspecified atom stereocenters. The minimum Gasteiger partial charge on any atom is -0.444 e. The molecule has 2 aliphatic heterocycles. The molecule has 0 aliphatic carbocycles. The molecule has 2 aliphatic rings. The quantitative estimate of drug-likeness (QED) is 0.723. The van der Waals surface area contributed by atoms with Gasteiger partial charge in [0.1, 0.15) is 5.60 Å². The molecule has 0 spiro atoms. The smallest absolute Gasteiger partial charge is 0.444 e. The first-order valence-electron chi connectivity index (χ1n) is 10.6. The van der Waals surface area contributed by atoms with E-state index in [9.17, 15) is 4.79 Å². The second-order valence-corrected chi connectivity index (χ2v) is 10.4. The average Bonchev–Trinajstić information content (AvgIpc) is 3.02. The first kappa shape index (κ1) is 22.2. The molecule has 162 valence electrons. The molecular weight excluding hydrogens is 369 g/mol. The number of aryl methyl sites for hydroxylation is 1. The Hall–Kier alpha value is -1.54. The summed E-state index contributed by atoms with van der Waals surface area (Å²) >= 11 is 0. The molecule has 1 aromatic heterocycles. The maximum atomic E-state index is 12.2. The van der Waals surface area contributed by atoms with Gasteiger partial charge in [-0.15, -0.1) is 0 Å². The highest BCUT2D eigenvalue weighted by Gasteiger charge is 2.52. The third kappa shape index (κ3) is 4.97. The molecule has 0 N–H and O–H groups in total. The minimum absolute atomic E-state index is 0.214. The van der Waals surface area contributed by atoms with E-state index in [4.69, 9.17) is 19.1 Å². The first-order chi connectivity index (χ1) is 13.3. The van der Waals surface area contributed by atoms with Gasteiger partial charge in [-0.1, -0.05) is 0 Å². The number of piperidine rings is 1. The SMILES string of the molecule is Cc1nn(CC2CCN(C(=O)OC(C)(C)C)CC2)cc1B1OC(C)(C)C(C)(C)O1. The Morgan fingerprint density at radius 3 is 2.28 bits per heavy atom. The van der Waals surface area contributed by atoms with Crippen LogP contribution in [0.2, 0.25) is 0 Å². The van der Waals surface area contributed by atoms with E-state index in [0.29, 0.717) is 5.92 Å². The summed E-state index contributed by atoms with van der Waals surface area (Å²) in [5.74, 6) is 0.485. The van der Waals surface area contributed by atoms with Gasteiger partial charge in [0, 0.05) is 31.3 Å². The van der Waals surface area contributed by atoms with Crippen LogP contribution in [-0.2, 0) is 20.6 Å². The molecule has 3 rings (SSSR count). The number of nitrogens with zero attached hydrogens (tertiary/aromatic N) is 3. The highest BCUT2D eigenvalue weighted by molar-refractivity contribution is 6.62. The molecule has 0 atom stereocenters. The van der Waals surface area contributed by atoms with E-state index in [0.717, 1.165) is 43.6 Å². The van der Waals surface area contributed by atoms with Gasteiger partial charge in [0.25, 0.3) is 0 Å². The summed E-state index contributed by atoms with van der Waals surface area (Å²) in [6.45, 7) is 18.2. The van der Waals surface area contributed by atoms with E-state index >= 15 is 0 Å². The average molecular weight is 405 g/mol. The third-order valence-corrected chi connectivity index (χ3v) is 6.20. The molecule has 3 heterocycles. The molecule has 2 fully saturated rings. The maximum absolute atomic E-state index is 12.2. The Kier molecular flexibility index (Phi) is 5.82. The second-order valence-electron chi connectivity index (χ2n) is 10.4. The molecule has 8 heteroatoms. The molecule has 1 amide bonds. The van der Waals surface area contributed by atoms with Crippen LogP contribution in [0.1, 0.15) is 67.0 Å². The fourth-order valence-corrected chi connectivity index (χ4v) is 3.72. The Balaban J connectivity index is 1.57. The van der Waals surface area contributed by atoms with Crippen molar-refractivity contribution in [2.75, 3.05) is 13.1 Å². The van der Waals surface area contributed by atoms with Crippen LogP contribution < -0.4 is 5.46 Å². The summed E-state index contributed by atoms with van der Waals surface area (Å²) < 4.78 is 19.8. The number of hydrogen-bond acceptors (Lipinski definition) is 5. The molecule has 0 aromatic carbocycles. The van der Waals surface area contributed by atoms with Crippen molar-refractivity contribution in [1.29, 1.82) is 0 Å². The lowest BCUT2D eigenvalue weighted by atomic mass is 9.79. The zero-order valence-electron chi connectivity index (χ0n) is 19.2. The molecule has 2 saturated heterocycles. The van der Waals surface area contributed by atoms with Crippen LogP contribution in [0.4, 0.5) is 4.79 Å². The Morgan fingerprint density at radius 2 is 1.76 bits per heavy atom. The topological polar surface area (TPSA) is 65.8 Å². The summed E-state index contributed by atoms with van der Waals surface area (Å²) in [6, 6.07) is 0. The third-order valence-electron chi connectivity index (χ3n) is 6.20. The maximum Gasteiger partial charge on any atom is 0.498 e. The number of hydrogen-bond donors (Lipinski definition) is 0. The number of likely N-dealkylation sites (tertiary alicyclic amines) is 1. The minimum atomic E-state index is -0.454. The highest BCUT2D eigenvalue weighted by atomic mass is 16.7. The zero-order chi connectivity index (χ0) is 21.6. The standard InChI is InChI=1S/C21H36BN3O4/c1-15-17(22-28-20(5,6)21(7,8)29-22)14-25(23-15)13-16-9-11-24(12-10-16)18(26)27-19(2,3)4/h14,16H,9-13H2,1-8H3. The van der Waals surface area contributed by atoms with Crippen LogP contribution in [-0.4, -0.2) is 57.8 Å². The van der Waals surface area contributed by atoms with Crippen molar-refractivity contribution in [1.82, 2.24) is 14.7 Å². The van der Waals surface area contributed by atoms with Crippen LogP contribution >= 0.6 is 0 Å². The number of carbonyl (C=O) groups is 1. The lowest BCUT2D eigenvalue weighted by molar-refractivity contribution is 0.00578. The summed E-state index contributed by atoms with van der Waals surface area (Å²) in [7, 11) is -0.386. The van der Waals surface area contributed by atoms with E-state index in [1.54, 1.807) is 0 Å². The van der Waals surface area contributed by atoms with Crippen molar-refractivity contribution in [3.8, 4) is 0 Å². The van der Waals surface area contributed by atoms with Gasteiger partial charge in [-0.3, -0.25) is 4.68 Å². The second kappa shape index (κ2) is 7.62. The Morgan fingerprint density at radius 1 is 1.21 bits per heavy atom. The van der Waals surface area contributed by atoms with Gasteiger partial charge >= 0.3 is 13.2 Å². The van der Waals surface area contributed by atoms with Gasteiger partial charge in [-0.2, -0.15) is 5.10 Å². The van der Waals surface area contributed by atoms with Crippen molar-refractivity contribution in [2.24, 2.45) is 5.92 Å². The molecule has 29 heavy (non-hydrogen) atoms. The molecular formula is C21H36BN3O4. The predicted octanol–water partition coefficient (Wildman–Crippen LogP) is 3.14. The van der Waals surface area contributed by atoms with Crippen LogP contribution in [0.15, 0.2) is 6.20 Å². The van der Waals surface area contributed by atoms with Crippen LogP contribution in [0, 0.1) is 12.8 Å². The number of amides is 1. The number of aromatic nitrogens is 2. The normalized spacial score (nSPS) is 22.2. The first-order valence-corrected chi connectivity index (χ1v) is 10.6. The van der Waals surface area contributed by atoms with Crippen LogP contribution in [0.5, 0.6) is 0 Å². The highest BCUT2D eigenvalue weighted by Crippen LogP contribution is 2.36. The predicted molar refractivity (Wildman–Crippen MR) is 113 cm³/mol. The van der Waals surface area contributed by atoms with E-state index in [2.05, 4.69) is 33.9 Å². The van der Waals surface area contributed by atoms with Gasteiger partial charge in [0.2, 0.25) is 0 Å². The lowest BCUT2D eigenvalue weighted by Gasteiger charge is -2.33. The summed E-state index contributed by atoms with van der Waals surface area (Å²) in [6.07, 6.45) is 3.74. The summed E-state index contributed by atoms with van der Waals surface area (Å²) in [5.41, 5.74) is 0.760. The Labute approximate surface area is 175 Å². The summed E-state index contributed by atoms with van der Waals surface area (Å²) in [4.78, 5) is 14.0. The fraction of sp³-hybridized carbons (Fsp3) is 0.810. The molecule has 0 bridgehead atoms. The molecule has 0 radical (unpaired) electrons. The van der Waals surface area contributed by atoms with Gasteiger partial charge in [0.05, 0.1) is 16.9 Å². The molecule has 7 nitrogen and oxygen atoms in total. The lowest BCUT2D eigenvalue weighted by Crippen LogP contribution is -2.42. The number of rotatable bonds is 3. The largest absolute Gasteiger partial charge is 0.498 e. The zero-order valence-corrected chi connectivity index (χ0v) is 19.2. The molecule has 0 saturated carbocycles. The fourth-order valence-electron chi connectivity index (χ4n) is 3.72. The monoisotopic (exact) mass is 405 g/mol.